The van der Waals surface area contributed by atoms with Crippen molar-refractivity contribution in [3.05, 3.63) is 12.2 Å². The molecule has 0 amide bonds. The molecule has 0 aromatic heterocycles. The van der Waals surface area contributed by atoms with Gasteiger partial charge >= 0.3 is 11.9 Å². The van der Waals surface area contributed by atoms with Gasteiger partial charge in [0.1, 0.15) is 12.2 Å². The summed E-state index contributed by atoms with van der Waals surface area (Å²) in [6.45, 7) is 10.4. The molecule has 1 saturated carbocycles. The Kier molecular flexibility index (Phi) is 5.79. The highest BCUT2D eigenvalue weighted by molar-refractivity contribution is 5.66. The number of hydrogen-bond acceptors (Lipinski definition) is 5. The van der Waals surface area contributed by atoms with Gasteiger partial charge < -0.3 is 14.6 Å². The summed E-state index contributed by atoms with van der Waals surface area (Å²) in [4.78, 5) is 22.1. The standard InChI is InChI=1S/C17H28O5/c1-11-9-15(22-14(4)19)10-16(5,6)17(11,20)8-7-12(2)21-13(3)18/h7-8,11-12,15,20H,9-10H2,1-6H3/t11-,12-,15+,17-/m1/s1. The van der Waals surface area contributed by atoms with Gasteiger partial charge in [-0.2, -0.15) is 0 Å². The van der Waals surface area contributed by atoms with Crippen molar-refractivity contribution < 1.29 is 24.2 Å². The van der Waals surface area contributed by atoms with Crippen LogP contribution in [0.15, 0.2) is 12.2 Å². The molecule has 0 saturated heterocycles. The maximum Gasteiger partial charge on any atom is 0.303 e. The van der Waals surface area contributed by atoms with E-state index in [0.29, 0.717) is 12.8 Å². The van der Waals surface area contributed by atoms with Crippen LogP contribution in [-0.2, 0) is 19.1 Å². The van der Waals surface area contributed by atoms with Gasteiger partial charge in [-0.3, -0.25) is 9.59 Å². The summed E-state index contributed by atoms with van der Waals surface area (Å²) in [5.74, 6) is -0.728. The molecular weight excluding hydrogens is 284 g/mol. The molecule has 1 rings (SSSR count). The van der Waals surface area contributed by atoms with Crippen molar-refractivity contribution in [3.8, 4) is 0 Å². The van der Waals surface area contributed by atoms with Crippen LogP contribution in [0.3, 0.4) is 0 Å². The Morgan fingerprint density at radius 3 is 2.32 bits per heavy atom. The van der Waals surface area contributed by atoms with E-state index in [0.717, 1.165) is 0 Å². The molecule has 0 unspecified atom stereocenters. The van der Waals surface area contributed by atoms with Crippen molar-refractivity contribution in [3.63, 3.8) is 0 Å². The molecule has 0 aliphatic heterocycles. The zero-order valence-electron chi connectivity index (χ0n) is 14.4. The number of esters is 2. The fourth-order valence-corrected chi connectivity index (χ4v) is 3.35. The summed E-state index contributed by atoms with van der Waals surface area (Å²) in [6, 6.07) is 0. The SMILES string of the molecule is CC(=O)O[C@H]1C[C@@H](C)[C@](O)(C=C[C@@H](C)OC(C)=O)C(C)(C)C1. The molecule has 0 aromatic rings. The van der Waals surface area contributed by atoms with Crippen LogP contribution in [0.5, 0.6) is 0 Å². The third-order valence-electron chi connectivity index (χ3n) is 4.50. The van der Waals surface area contributed by atoms with Crippen molar-refractivity contribution in [2.45, 2.75) is 72.2 Å². The van der Waals surface area contributed by atoms with Crippen molar-refractivity contribution in [2.75, 3.05) is 0 Å². The first-order chi connectivity index (χ1) is 9.98. The zero-order valence-corrected chi connectivity index (χ0v) is 14.4. The lowest BCUT2D eigenvalue weighted by molar-refractivity contribution is -0.166. The van der Waals surface area contributed by atoms with Gasteiger partial charge in [0.05, 0.1) is 5.60 Å². The number of carbonyl (C=O) groups excluding carboxylic acids is 2. The van der Waals surface area contributed by atoms with Gasteiger partial charge in [-0.1, -0.05) is 26.8 Å². The lowest BCUT2D eigenvalue weighted by atomic mass is 9.59. The molecule has 1 aliphatic rings. The molecule has 126 valence electrons. The number of rotatable bonds is 4. The molecule has 0 radical (unpaired) electrons. The number of carbonyl (C=O) groups is 2. The predicted octanol–water partition coefficient (Wildman–Crippen LogP) is 2.61. The van der Waals surface area contributed by atoms with Crippen LogP contribution in [0, 0.1) is 11.3 Å². The van der Waals surface area contributed by atoms with E-state index in [4.69, 9.17) is 9.47 Å². The third-order valence-corrected chi connectivity index (χ3v) is 4.50. The molecule has 4 atom stereocenters. The van der Waals surface area contributed by atoms with Gasteiger partial charge in [-0.15, -0.1) is 0 Å². The molecule has 5 nitrogen and oxygen atoms in total. The van der Waals surface area contributed by atoms with Crippen LogP contribution in [0.2, 0.25) is 0 Å². The molecule has 1 N–H and O–H groups in total. The second-order valence-corrected chi connectivity index (χ2v) is 6.96. The topological polar surface area (TPSA) is 72.8 Å². The molecule has 1 aliphatic carbocycles. The first kappa shape index (κ1) is 18.7. The summed E-state index contributed by atoms with van der Waals surface area (Å²) in [7, 11) is 0. The first-order valence-electron chi connectivity index (χ1n) is 7.74. The van der Waals surface area contributed by atoms with E-state index in [1.54, 1.807) is 19.1 Å². The Morgan fingerprint density at radius 2 is 1.86 bits per heavy atom. The van der Waals surface area contributed by atoms with Crippen LogP contribution < -0.4 is 0 Å². The minimum absolute atomic E-state index is 0.0821. The second-order valence-electron chi connectivity index (χ2n) is 6.96. The molecule has 0 bridgehead atoms. The van der Waals surface area contributed by atoms with Crippen molar-refractivity contribution in [1.29, 1.82) is 0 Å². The van der Waals surface area contributed by atoms with Crippen molar-refractivity contribution >= 4 is 11.9 Å². The fourth-order valence-electron chi connectivity index (χ4n) is 3.35. The van der Waals surface area contributed by atoms with E-state index >= 15 is 0 Å². The molecule has 5 heteroatoms. The van der Waals surface area contributed by atoms with Gasteiger partial charge in [-0.05, 0) is 31.8 Å². The Hall–Kier alpha value is -1.36. The van der Waals surface area contributed by atoms with Crippen LogP contribution in [-0.4, -0.2) is 34.9 Å². The first-order valence-corrected chi connectivity index (χ1v) is 7.74. The highest BCUT2D eigenvalue weighted by Crippen LogP contribution is 2.48. The molecule has 22 heavy (non-hydrogen) atoms. The number of aliphatic hydroxyl groups is 1. The zero-order chi connectivity index (χ0) is 17.1. The average molecular weight is 312 g/mol. The largest absolute Gasteiger partial charge is 0.463 e. The minimum atomic E-state index is -1.04. The maximum absolute atomic E-state index is 11.2. The van der Waals surface area contributed by atoms with Crippen LogP contribution in [0.25, 0.3) is 0 Å². The predicted molar refractivity (Wildman–Crippen MR) is 83.1 cm³/mol. The second kappa shape index (κ2) is 6.82. The lowest BCUT2D eigenvalue weighted by Crippen LogP contribution is -2.55. The minimum Gasteiger partial charge on any atom is -0.463 e. The quantitative estimate of drug-likeness (QED) is 0.638. The summed E-state index contributed by atoms with van der Waals surface area (Å²) >= 11 is 0. The van der Waals surface area contributed by atoms with E-state index in [9.17, 15) is 14.7 Å². The van der Waals surface area contributed by atoms with Gasteiger partial charge in [0, 0.05) is 19.3 Å². The highest BCUT2D eigenvalue weighted by atomic mass is 16.5. The van der Waals surface area contributed by atoms with E-state index in [1.807, 2.05) is 20.8 Å². The van der Waals surface area contributed by atoms with E-state index in [2.05, 4.69) is 0 Å². The number of hydrogen-bond donors (Lipinski definition) is 1. The molecule has 0 spiro atoms. The van der Waals surface area contributed by atoms with E-state index < -0.39 is 17.1 Å². The average Bonchev–Trinajstić information content (AvgIpc) is 2.31. The van der Waals surface area contributed by atoms with Gasteiger partial charge in [0.2, 0.25) is 0 Å². The Balaban J connectivity index is 2.90. The monoisotopic (exact) mass is 312 g/mol. The molecular formula is C17H28O5. The lowest BCUT2D eigenvalue weighted by Gasteiger charge is -2.51. The van der Waals surface area contributed by atoms with Crippen molar-refractivity contribution in [2.24, 2.45) is 11.3 Å². The summed E-state index contributed by atoms with van der Waals surface area (Å²) in [6.07, 6.45) is 4.06. The summed E-state index contributed by atoms with van der Waals surface area (Å²) in [5.41, 5.74) is -1.50. The Labute approximate surface area is 132 Å². The molecule has 0 heterocycles. The summed E-state index contributed by atoms with van der Waals surface area (Å²) < 4.78 is 10.4. The van der Waals surface area contributed by atoms with Gasteiger partial charge in [0.25, 0.3) is 0 Å². The summed E-state index contributed by atoms with van der Waals surface area (Å²) in [5, 5.41) is 11.1. The van der Waals surface area contributed by atoms with Gasteiger partial charge in [0.15, 0.2) is 0 Å². The molecule has 1 fully saturated rings. The third kappa shape index (κ3) is 4.32. The Bertz CT molecular complexity index is 454. The van der Waals surface area contributed by atoms with Crippen LogP contribution in [0.4, 0.5) is 0 Å². The van der Waals surface area contributed by atoms with E-state index in [1.165, 1.54) is 13.8 Å². The van der Waals surface area contributed by atoms with Crippen LogP contribution >= 0.6 is 0 Å². The number of ether oxygens (including phenoxy) is 2. The fraction of sp³-hybridized carbons (Fsp3) is 0.765. The van der Waals surface area contributed by atoms with Crippen LogP contribution in [0.1, 0.15) is 54.4 Å². The molecule has 0 aromatic carbocycles. The smallest absolute Gasteiger partial charge is 0.303 e. The maximum atomic E-state index is 11.2. The normalized spacial score (nSPS) is 32.5. The Morgan fingerprint density at radius 1 is 1.27 bits per heavy atom. The highest BCUT2D eigenvalue weighted by Gasteiger charge is 2.51. The van der Waals surface area contributed by atoms with E-state index in [-0.39, 0.29) is 24.0 Å². The van der Waals surface area contributed by atoms with Crippen molar-refractivity contribution in [1.82, 2.24) is 0 Å². The van der Waals surface area contributed by atoms with Gasteiger partial charge in [-0.25, -0.2) is 0 Å².